The third-order valence-electron chi connectivity index (χ3n) is 2.84. The van der Waals surface area contributed by atoms with Crippen molar-refractivity contribution in [3.8, 4) is 5.75 Å². The second-order valence-electron chi connectivity index (χ2n) is 4.52. The van der Waals surface area contributed by atoms with Gasteiger partial charge in [0.25, 0.3) is 0 Å². The molecule has 0 fully saturated rings. The number of nitrogens with zero attached hydrogens (tertiary/aromatic N) is 3. The molecule has 0 aliphatic heterocycles. The normalized spacial score (nSPS) is 10.8. The van der Waals surface area contributed by atoms with Crippen LogP contribution in [0.4, 0.5) is 5.82 Å². The zero-order valence-corrected chi connectivity index (χ0v) is 12.4. The first-order valence-corrected chi connectivity index (χ1v) is 6.80. The number of hydrogen-bond donors (Lipinski definition) is 0. The van der Waals surface area contributed by atoms with Gasteiger partial charge in [0.15, 0.2) is 16.7 Å². The summed E-state index contributed by atoms with van der Waals surface area (Å²) in [4.78, 5) is 10.5. The Kier molecular flexibility index (Phi) is 6.19. The quantitative estimate of drug-likeness (QED) is 0.562. The van der Waals surface area contributed by atoms with Crippen molar-refractivity contribution in [3.05, 3.63) is 11.5 Å². The Balaban J connectivity index is 2.94. The number of anilines is 1. The molecule has 102 valence electrons. The number of methoxy groups -OCH3 is 1. The molecule has 0 saturated heterocycles. The summed E-state index contributed by atoms with van der Waals surface area (Å²) >= 11 is 6.04. The lowest BCUT2D eigenvalue weighted by molar-refractivity contribution is 0.408. The summed E-state index contributed by atoms with van der Waals surface area (Å²) in [5, 5.41) is 0.364. The van der Waals surface area contributed by atoms with Crippen molar-refractivity contribution in [1.29, 1.82) is 0 Å². The predicted molar refractivity (Wildman–Crippen MR) is 75.6 cm³/mol. The second kappa shape index (κ2) is 7.41. The number of unbranched alkanes of at least 4 members (excludes halogenated alkanes) is 2. The molecule has 4 nitrogen and oxygen atoms in total. The Labute approximate surface area is 114 Å². The molecule has 0 aliphatic carbocycles. The first-order valence-electron chi connectivity index (χ1n) is 6.42. The van der Waals surface area contributed by atoms with E-state index in [0.29, 0.717) is 16.9 Å². The van der Waals surface area contributed by atoms with E-state index in [4.69, 9.17) is 16.3 Å². The van der Waals surface area contributed by atoms with E-state index in [2.05, 4.69) is 35.6 Å². The fraction of sp³-hybridized carbons (Fsp3) is 0.692. The van der Waals surface area contributed by atoms with Gasteiger partial charge < -0.3 is 9.64 Å². The molecule has 0 bridgehead atoms. The summed E-state index contributed by atoms with van der Waals surface area (Å²) in [7, 11) is 1.60. The topological polar surface area (TPSA) is 38.2 Å². The molecule has 0 saturated carbocycles. The smallest absolute Gasteiger partial charge is 0.199 e. The summed E-state index contributed by atoms with van der Waals surface area (Å²) in [5.41, 5.74) is 0. The van der Waals surface area contributed by atoms with Crippen molar-refractivity contribution >= 4 is 17.4 Å². The van der Waals surface area contributed by atoms with E-state index >= 15 is 0 Å². The summed E-state index contributed by atoms with van der Waals surface area (Å²) in [5.74, 6) is 1.34. The number of hydrogen-bond acceptors (Lipinski definition) is 4. The average Bonchev–Trinajstić information content (AvgIpc) is 2.34. The monoisotopic (exact) mass is 271 g/mol. The van der Waals surface area contributed by atoms with E-state index in [1.165, 1.54) is 19.2 Å². The maximum atomic E-state index is 6.04. The van der Waals surface area contributed by atoms with Gasteiger partial charge in [0.1, 0.15) is 6.33 Å². The van der Waals surface area contributed by atoms with Gasteiger partial charge >= 0.3 is 0 Å². The molecule has 1 rings (SSSR count). The standard InChI is InChI=1S/C13H22ClN3O/c1-5-6-7-8-17(10(2)3)13-11(18-4)12(14)15-9-16-13/h9-10H,5-8H2,1-4H3. The van der Waals surface area contributed by atoms with Gasteiger partial charge in [0, 0.05) is 12.6 Å². The van der Waals surface area contributed by atoms with Crippen LogP contribution in [0.15, 0.2) is 6.33 Å². The molecule has 0 spiro atoms. The summed E-state index contributed by atoms with van der Waals surface area (Å²) in [6, 6.07) is 0.349. The number of aromatic nitrogens is 2. The Morgan fingerprint density at radius 1 is 1.33 bits per heavy atom. The van der Waals surface area contributed by atoms with E-state index in [9.17, 15) is 0 Å². The molecule has 1 heterocycles. The van der Waals surface area contributed by atoms with Crippen molar-refractivity contribution in [3.63, 3.8) is 0 Å². The molecule has 0 N–H and O–H groups in total. The zero-order chi connectivity index (χ0) is 13.5. The summed E-state index contributed by atoms with van der Waals surface area (Å²) < 4.78 is 5.31. The molecular formula is C13H22ClN3O. The minimum absolute atomic E-state index is 0.349. The lowest BCUT2D eigenvalue weighted by Crippen LogP contribution is -2.33. The average molecular weight is 272 g/mol. The molecule has 0 radical (unpaired) electrons. The van der Waals surface area contributed by atoms with Gasteiger partial charge in [-0.05, 0) is 20.3 Å². The Morgan fingerprint density at radius 2 is 2.06 bits per heavy atom. The highest BCUT2D eigenvalue weighted by Gasteiger charge is 2.19. The van der Waals surface area contributed by atoms with Gasteiger partial charge in [-0.2, -0.15) is 0 Å². The molecule has 0 aromatic carbocycles. The highest BCUT2D eigenvalue weighted by atomic mass is 35.5. The lowest BCUT2D eigenvalue weighted by Gasteiger charge is -2.29. The Hall–Kier alpha value is -1.03. The van der Waals surface area contributed by atoms with Crippen LogP contribution in [0.25, 0.3) is 0 Å². The van der Waals surface area contributed by atoms with Gasteiger partial charge in [0.2, 0.25) is 0 Å². The van der Waals surface area contributed by atoms with Crippen molar-refractivity contribution in [1.82, 2.24) is 9.97 Å². The van der Waals surface area contributed by atoms with Crippen molar-refractivity contribution in [2.24, 2.45) is 0 Å². The minimum atomic E-state index is 0.349. The van der Waals surface area contributed by atoms with E-state index in [-0.39, 0.29) is 0 Å². The third kappa shape index (κ3) is 3.73. The van der Waals surface area contributed by atoms with E-state index in [1.807, 2.05) is 0 Å². The van der Waals surface area contributed by atoms with Crippen LogP contribution in [-0.2, 0) is 0 Å². The highest BCUT2D eigenvalue weighted by molar-refractivity contribution is 6.31. The zero-order valence-electron chi connectivity index (χ0n) is 11.6. The molecule has 0 aliphatic rings. The van der Waals surface area contributed by atoms with Crippen LogP contribution in [0.2, 0.25) is 5.15 Å². The second-order valence-corrected chi connectivity index (χ2v) is 4.87. The van der Waals surface area contributed by atoms with E-state index < -0.39 is 0 Å². The maximum absolute atomic E-state index is 6.04. The van der Waals surface area contributed by atoms with Crippen LogP contribution >= 0.6 is 11.6 Å². The van der Waals surface area contributed by atoms with Crippen molar-refractivity contribution in [2.75, 3.05) is 18.6 Å². The summed E-state index contributed by atoms with van der Waals surface area (Å²) in [6.07, 6.45) is 5.03. The van der Waals surface area contributed by atoms with Crippen LogP contribution in [0.1, 0.15) is 40.0 Å². The first-order chi connectivity index (χ1) is 8.61. The minimum Gasteiger partial charge on any atom is -0.490 e. The van der Waals surface area contributed by atoms with Gasteiger partial charge in [-0.3, -0.25) is 0 Å². The molecule has 0 atom stereocenters. The van der Waals surface area contributed by atoms with Gasteiger partial charge in [0.05, 0.1) is 7.11 Å². The van der Waals surface area contributed by atoms with Crippen LogP contribution in [-0.4, -0.2) is 29.7 Å². The SMILES string of the molecule is CCCCCN(c1ncnc(Cl)c1OC)C(C)C. The molecule has 1 aromatic rings. The molecule has 1 aromatic heterocycles. The third-order valence-corrected chi connectivity index (χ3v) is 3.11. The van der Waals surface area contributed by atoms with Crippen LogP contribution in [0, 0.1) is 0 Å². The largest absolute Gasteiger partial charge is 0.490 e. The predicted octanol–water partition coefficient (Wildman–Crippen LogP) is 3.54. The van der Waals surface area contributed by atoms with Gasteiger partial charge in [-0.1, -0.05) is 31.4 Å². The van der Waals surface area contributed by atoms with Crippen LogP contribution in [0.5, 0.6) is 5.75 Å². The van der Waals surface area contributed by atoms with E-state index in [1.54, 1.807) is 7.11 Å². The molecule has 18 heavy (non-hydrogen) atoms. The van der Waals surface area contributed by atoms with Crippen molar-refractivity contribution in [2.45, 2.75) is 46.1 Å². The van der Waals surface area contributed by atoms with Crippen LogP contribution in [0.3, 0.4) is 0 Å². The fourth-order valence-electron chi connectivity index (χ4n) is 1.86. The van der Waals surface area contributed by atoms with E-state index in [0.717, 1.165) is 18.8 Å². The number of ether oxygens (including phenoxy) is 1. The van der Waals surface area contributed by atoms with Crippen LogP contribution < -0.4 is 9.64 Å². The molecule has 5 heteroatoms. The lowest BCUT2D eigenvalue weighted by atomic mass is 10.2. The molecule has 0 amide bonds. The Bertz CT molecular complexity index is 371. The highest BCUT2D eigenvalue weighted by Crippen LogP contribution is 2.32. The van der Waals surface area contributed by atoms with Gasteiger partial charge in [-0.25, -0.2) is 9.97 Å². The first kappa shape index (κ1) is 15.0. The summed E-state index contributed by atoms with van der Waals surface area (Å²) in [6.45, 7) is 7.43. The fourth-order valence-corrected chi connectivity index (χ4v) is 2.07. The molecule has 0 unspecified atom stereocenters. The number of halogens is 1. The van der Waals surface area contributed by atoms with Crippen molar-refractivity contribution < 1.29 is 4.74 Å². The molecular weight excluding hydrogens is 250 g/mol. The maximum Gasteiger partial charge on any atom is 0.199 e. The number of rotatable bonds is 7. The Morgan fingerprint density at radius 3 is 2.61 bits per heavy atom. The van der Waals surface area contributed by atoms with Gasteiger partial charge in [-0.15, -0.1) is 0 Å².